The highest BCUT2D eigenvalue weighted by atomic mass is 35.5. The van der Waals surface area contributed by atoms with E-state index in [0.29, 0.717) is 28.2 Å². The Morgan fingerprint density at radius 2 is 2.06 bits per heavy atom. The van der Waals surface area contributed by atoms with E-state index in [1.54, 1.807) is 30.0 Å². The van der Waals surface area contributed by atoms with Gasteiger partial charge in [0, 0.05) is 11.0 Å². The topological polar surface area (TPSA) is 46.5 Å². The quantitative estimate of drug-likeness (QED) is 0.774. The predicted octanol–water partition coefficient (Wildman–Crippen LogP) is 3.97. The Labute approximate surface area is 120 Å². The summed E-state index contributed by atoms with van der Waals surface area (Å²) >= 11 is 13.4. The zero-order valence-electron chi connectivity index (χ0n) is 9.86. The summed E-state index contributed by atoms with van der Waals surface area (Å²) < 4.78 is 5.49. The van der Waals surface area contributed by atoms with Crippen LogP contribution in [0.1, 0.15) is 13.3 Å². The Morgan fingerprint density at radius 1 is 1.44 bits per heavy atom. The highest BCUT2D eigenvalue weighted by Gasteiger charge is 2.09. The fourth-order valence-electron chi connectivity index (χ4n) is 1.32. The normalized spacial score (nSPS) is 12.2. The summed E-state index contributed by atoms with van der Waals surface area (Å²) in [4.78, 5) is 10.5. The lowest BCUT2D eigenvalue weighted by Gasteiger charge is -2.11. The van der Waals surface area contributed by atoms with Crippen LogP contribution in [0, 0.1) is 0 Å². The second-order valence-electron chi connectivity index (χ2n) is 3.68. The van der Waals surface area contributed by atoms with Crippen molar-refractivity contribution in [2.45, 2.75) is 18.6 Å². The first-order valence-electron chi connectivity index (χ1n) is 5.41. The number of halogens is 2. The molecule has 0 spiro atoms. The van der Waals surface area contributed by atoms with Gasteiger partial charge in [0.15, 0.2) is 5.75 Å². The van der Waals surface area contributed by atoms with E-state index in [1.807, 2.05) is 6.92 Å². The molecule has 18 heavy (non-hydrogen) atoms. The number of rotatable bonds is 7. The minimum Gasteiger partial charge on any atom is -0.490 e. The summed E-state index contributed by atoms with van der Waals surface area (Å²) in [5.41, 5.74) is 0. The largest absolute Gasteiger partial charge is 0.490 e. The van der Waals surface area contributed by atoms with Gasteiger partial charge in [0.05, 0.1) is 23.1 Å². The Bertz CT molecular complexity index is 392. The van der Waals surface area contributed by atoms with Gasteiger partial charge in [-0.05, 0) is 12.1 Å². The van der Waals surface area contributed by atoms with Crippen molar-refractivity contribution in [1.29, 1.82) is 0 Å². The van der Waals surface area contributed by atoms with Gasteiger partial charge in [-0.2, -0.15) is 11.8 Å². The lowest BCUT2D eigenvalue weighted by Crippen LogP contribution is -2.09. The molecule has 1 atom stereocenters. The first-order chi connectivity index (χ1) is 8.50. The molecule has 1 aromatic carbocycles. The molecule has 1 rings (SSSR count). The first-order valence-corrected chi connectivity index (χ1v) is 7.21. The van der Waals surface area contributed by atoms with Crippen LogP contribution in [0.25, 0.3) is 0 Å². The molecule has 0 saturated heterocycles. The number of thioether (sulfide) groups is 1. The van der Waals surface area contributed by atoms with Gasteiger partial charge in [0.1, 0.15) is 0 Å². The molecule has 0 aliphatic carbocycles. The number of carbonyl (C=O) groups is 1. The van der Waals surface area contributed by atoms with Crippen molar-refractivity contribution in [2.75, 3.05) is 12.4 Å². The summed E-state index contributed by atoms with van der Waals surface area (Å²) in [6.45, 7) is 2.32. The Balaban J connectivity index is 2.32. The van der Waals surface area contributed by atoms with Gasteiger partial charge >= 0.3 is 5.97 Å². The van der Waals surface area contributed by atoms with E-state index in [9.17, 15) is 4.79 Å². The van der Waals surface area contributed by atoms with Crippen molar-refractivity contribution in [1.82, 2.24) is 0 Å². The molecule has 0 aliphatic heterocycles. The summed E-state index contributed by atoms with van der Waals surface area (Å²) in [5.74, 6) is 0.383. The maximum Gasteiger partial charge on any atom is 0.304 e. The number of carboxylic acid groups (broad SMARTS) is 1. The minimum atomic E-state index is -0.787. The number of ether oxygens (including phenoxy) is 1. The third-order valence-electron chi connectivity index (χ3n) is 2.11. The highest BCUT2D eigenvalue weighted by Crippen LogP contribution is 2.32. The van der Waals surface area contributed by atoms with Gasteiger partial charge in [0.2, 0.25) is 0 Å². The molecule has 0 amide bonds. The zero-order chi connectivity index (χ0) is 13.5. The average Bonchev–Trinajstić information content (AvgIpc) is 2.26. The van der Waals surface area contributed by atoms with Crippen LogP contribution in [0.3, 0.4) is 0 Å². The van der Waals surface area contributed by atoms with E-state index in [4.69, 9.17) is 33.0 Å². The van der Waals surface area contributed by atoms with Crippen molar-refractivity contribution in [3.05, 3.63) is 28.2 Å². The Hall–Kier alpha value is -0.580. The number of hydrogen-bond acceptors (Lipinski definition) is 3. The maximum absolute atomic E-state index is 10.5. The number of benzene rings is 1. The van der Waals surface area contributed by atoms with Gasteiger partial charge in [-0.1, -0.05) is 36.2 Å². The van der Waals surface area contributed by atoms with Gasteiger partial charge in [-0.3, -0.25) is 4.79 Å². The fourth-order valence-corrected chi connectivity index (χ4v) is 2.67. The van der Waals surface area contributed by atoms with Crippen molar-refractivity contribution in [3.63, 3.8) is 0 Å². The zero-order valence-corrected chi connectivity index (χ0v) is 12.2. The van der Waals surface area contributed by atoms with Crippen molar-refractivity contribution >= 4 is 40.9 Å². The Morgan fingerprint density at radius 3 is 2.61 bits per heavy atom. The van der Waals surface area contributed by atoms with Crippen LogP contribution in [0.4, 0.5) is 0 Å². The molecule has 0 aliphatic rings. The van der Waals surface area contributed by atoms with Crippen LogP contribution < -0.4 is 4.74 Å². The van der Waals surface area contributed by atoms with E-state index < -0.39 is 5.97 Å². The standard InChI is InChI=1S/C12H14Cl2O3S/c1-8(7-11(15)16)18-6-5-17-12-9(13)3-2-4-10(12)14/h2-4,8H,5-7H2,1H3,(H,15,16). The molecule has 3 nitrogen and oxygen atoms in total. The molecular weight excluding hydrogens is 295 g/mol. The summed E-state index contributed by atoms with van der Waals surface area (Å²) in [6.07, 6.45) is 0.150. The third-order valence-corrected chi connectivity index (χ3v) is 3.85. The van der Waals surface area contributed by atoms with Crippen molar-refractivity contribution < 1.29 is 14.6 Å². The minimum absolute atomic E-state index is 0.0628. The highest BCUT2D eigenvalue weighted by molar-refractivity contribution is 7.99. The third kappa shape index (κ3) is 5.38. The summed E-state index contributed by atoms with van der Waals surface area (Å²) in [7, 11) is 0. The molecule has 0 heterocycles. The van der Waals surface area contributed by atoms with Crippen LogP contribution in [0.15, 0.2) is 18.2 Å². The number of para-hydroxylation sites is 1. The molecule has 0 saturated carbocycles. The molecule has 1 unspecified atom stereocenters. The van der Waals surface area contributed by atoms with Crippen LogP contribution in [-0.4, -0.2) is 28.7 Å². The van der Waals surface area contributed by atoms with E-state index in [0.717, 1.165) is 0 Å². The second kappa shape index (κ2) is 7.77. The number of hydrogen-bond donors (Lipinski definition) is 1. The van der Waals surface area contributed by atoms with Gasteiger partial charge < -0.3 is 9.84 Å². The molecular formula is C12H14Cl2O3S. The fraction of sp³-hybridized carbons (Fsp3) is 0.417. The molecule has 0 fully saturated rings. The summed E-state index contributed by atoms with van der Waals surface area (Å²) in [5, 5.41) is 9.63. The average molecular weight is 309 g/mol. The monoisotopic (exact) mass is 308 g/mol. The van der Waals surface area contributed by atoms with E-state index >= 15 is 0 Å². The molecule has 0 radical (unpaired) electrons. The predicted molar refractivity (Wildman–Crippen MR) is 76.1 cm³/mol. The smallest absolute Gasteiger partial charge is 0.304 e. The van der Waals surface area contributed by atoms with Crippen LogP contribution >= 0.6 is 35.0 Å². The summed E-state index contributed by atoms with van der Waals surface area (Å²) in [6, 6.07) is 5.17. The van der Waals surface area contributed by atoms with Crippen molar-refractivity contribution in [3.8, 4) is 5.75 Å². The lowest BCUT2D eigenvalue weighted by atomic mass is 10.3. The van der Waals surface area contributed by atoms with Gasteiger partial charge in [-0.15, -0.1) is 0 Å². The van der Waals surface area contributed by atoms with Crippen LogP contribution in [0.2, 0.25) is 10.0 Å². The number of carboxylic acids is 1. The van der Waals surface area contributed by atoms with Crippen LogP contribution in [0.5, 0.6) is 5.75 Å². The first kappa shape index (κ1) is 15.5. The van der Waals surface area contributed by atoms with Gasteiger partial charge in [0.25, 0.3) is 0 Å². The molecule has 1 N–H and O–H groups in total. The molecule has 6 heteroatoms. The second-order valence-corrected chi connectivity index (χ2v) is 6.04. The van der Waals surface area contributed by atoms with Crippen molar-refractivity contribution in [2.24, 2.45) is 0 Å². The number of aliphatic carboxylic acids is 1. The Kier molecular flexibility index (Phi) is 6.68. The lowest BCUT2D eigenvalue weighted by molar-refractivity contribution is -0.136. The SMILES string of the molecule is CC(CC(=O)O)SCCOc1c(Cl)cccc1Cl. The molecule has 1 aromatic rings. The van der Waals surface area contributed by atoms with E-state index in [1.165, 1.54) is 0 Å². The van der Waals surface area contributed by atoms with Gasteiger partial charge in [-0.25, -0.2) is 0 Å². The van der Waals surface area contributed by atoms with E-state index in [2.05, 4.69) is 0 Å². The molecule has 0 aromatic heterocycles. The molecule has 100 valence electrons. The van der Waals surface area contributed by atoms with Crippen LogP contribution in [-0.2, 0) is 4.79 Å². The van der Waals surface area contributed by atoms with E-state index in [-0.39, 0.29) is 11.7 Å². The molecule has 0 bridgehead atoms. The maximum atomic E-state index is 10.5.